The van der Waals surface area contributed by atoms with Crippen molar-refractivity contribution in [3.63, 3.8) is 0 Å². The molecule has 4 rings (SSSR count). The molecule has 2 aromatic heterocycles. The predicted molar refractivity (Wildman–Crippen MR) is 106 cm³/mol. The van der Waals surface area contributed by atoms with Crippen LogP contribution in [0.5, 0.6) is 0 Å². The first-order chi connectivity index (χ1) is 13.1. The van der Waals surface area contributed by atoms with Gasteiger partial charge in [-0.05, 0) is 54.3 Å². The molecular formula is C20H24N4O2S. The molecule has 4 heterocycles. The number of nitrogens with two attached hydrogens (primary N) is 1. The summed E-state index contributed by atoms with van der Waals surface area (Å²) in [4.78, 5) is 33.7. The molecule has 27 heavy (non-hydrogen) atoms. The van der Waals surface area contributed by atoms with Gasteiger partial charge in [0.05, 0.1) is 0 Å². The summed E-state index contributed by atoms with van der Waals surface area (Å²) in [6.07, 6.45) is 5.22. The van der Waals surface area contributed by atoms with Gasteiger partial charge in [-0.3, -0.25) is 14.6 Å². The Morgan fingerprint density at radius 1 is 1.22 bits per heavy atom. The maximum Gasteiger partial charge on any atom is 0.267 e. The van der Waals surface area contributed by atoms with Crippen molar-refractivity contribution in [1.29, 1.82) is 0 Å². The van der Waals surface area contributed by atoms with E-state index in [4.69, 9.17) is 5.73 Å². The van der Waals surface area contributed by atoms with E-state index in [1.165, 1.54) is 10.4 Å². The molecule has 0 unspecified atom stereocenters. The molecule has 0 spiro atoms. The molecule has 0 radical (unpaired) electrons. The minimum atomic E-state index is -0.507. The third-order valence-electron chi connectivity index (χ3n) is 5.60. The normalized spacial score (nSPS) is 17.6. The molecule has 142 valence electrons. The Bertz CT molecular complexity index is 842. The van der Waals surface area contributed by atoms with Gasteiger partial charge >= 0.3 is 0 Å². The highest BCUT2D eigenvalue weighted by molar-refractivity contribution is 7.10. The second kappa shape index (κ2) is 7.68. The van der Waals surface area contributed by atoms with Crippen molar-refractivity contribution in [2.75, 3.05) is 24.5 Å². The maximum absolute atomic E-state index is 12.7. The Balaban J connectivity index is 1.30. The summed E-state index contributed by atoms with van der Waals surface area (Å²) in [5, 5.41) is 2.12. The summed E-state index contributed by atoms with van der Waals surface area (Å²) in [7, 11) is 0. The number of piperidine rings is 1. The largest absolute Gasteiger partial charge is 0.371 e. The van der Waals surface area contributed by atoms with Crippen LogP contribution in [0, 0.1) is 5.92 Å². The van der Waals surface area contributed by atoms with Crippen LogP contribution in [-0.2, 0) is 17.8 Å². The standard InChI is InChI=1S/C20H24N4O2S/c21-20(26)17-12-16(1-6-22-17)23-7-2-14(3-8-23)11-19(25)24-9-4-18-15(13-24)5-10-27-18/h1,5-6,10,12,14H,2-4,7-9,11,13H2,(H2,21,26). The van der Waals surface area contributed by atoms with E-state index < -0.39 is 5.91 Å². The van der Waals surface area contributed by atoms with Crippen LogP contribution in [0.4, 0.5) is 5.69 Å². The number of fused-ring (bicyclic) bond motifs is 1. The highest BCUT2D eigenvalue weighted by Gasteiger charge is 2.26. The SMILES string of the molecule is NC(=O)c1cc(N2CCC(CC(=O)N3CCc4sccc4C3)CC2)ccn1. The van der Waals surface area contributed by atoms with Crippen molar-refractivity contribution in [3.8, 4) is 0 Å². The van der Waals surface area contributed by atoms with Gasteiger partial charge in [-0.25, -0.2) is 0 Å². The van der Waals surface area contributed by atoms with E-state index in [9.17, 15) is 9.59 Å². The van der Waals surface area contributed by atoms with E-state index in [0.717, 1.165) is 51.1 Å². The Hall–Kier alpha value is -2.41. The van der Waals surface area contributed by atoms with Gasteiger partial charge in [0.25, 0.3) is 5.91 Å². The van der Waals surface area contributed by atoms with Crippen molar-refractivity contribution in [1.82, 2.24) is 9.88 Å². The number of thiophene rings is 1. The van der Waals surface area contributed by atoms with E-state index in [-0.39, 0.29) is 5.91 Å². The Morgan fingerprint density at radius 2 is 2.04 bits per heavy atom. The van der Waals surface area contributed by atoms with Gasteiger partial charge in [0.2, 0.25) is 5.91 Å². The monoisotopic (exact) mass is 384 g/mol. The van der Waals surface area contributed by atoms with Gasteiger partial charge in [0, 0.05) is 49.4 Å². The third-order valence-corrected chi connectivity index (χ3v) is 6.62. The lowest BCUT2D eigenvalue weighted by Crippen LogP contribution is -2.39. The summed E-state index contributed by atoms with van der Waals surface area (Å²) >= 11 is 1.80. The zero-order chi connectivity index (χ0) is 18.8. The molecule has 0 aromatic carbocycles. The number of rotatable bonds is 4. The average molecular weight is 385 g/mol. The molecule has 1 saturated heterocycles. The molecule has 2 N–H and O–H groups in total. The summed E-state index contributed by atoms with van der Waals surface area (Å²) in [5.74, 6) is 0.202. The number of pyridine rings is 1. The fourth-order valence-corrected chi connectivity index (χ4v) is 4.87. The number of amides is 2. The van der Waals surface area contributed by atoms with Crippen LogP contribution in [0.2, 0.25) is 0 Å². The molecule has 0 saturated carbocycles. The van der Waals surface area contributed by atoms with Gasteiger partial charge in [0.15, 0.2) is 0 Å². The van der Waals surface area contributed by atoms with Gasteiger partial charge in [-0.1, -0.05) is 0 Å². The highest BCUT2D eigenvalue weighted by Crippen LogP contribution is 2.28. The van der Waals surface area contributed by atoms with E-state index >= 15 is 0 Å². The Labute approximate surface area is 163 Å². The third kappa shape index (κ3) is 3.98. The minimum absolute atomic E-state index is 0.283. The molecule has 1 fully saturated rings. The van der Waals surface area contributed by atoms with Gasteiger partial charge in [-0.15, -0.1) is 11.3 Å². The number of primary amides is 1. The average Bonchev–Trinajstić information content (AvgIpc) is 3.16. The number of carbonyl (C=O) groups is 2. The summed E-state index contributed by atoms with van der Waals surface area (Å²) < 4.78 is 0. The first-order valence-electron chi connectivity index (χ1n) is 9.44. The molecule has 2 aromatic rings. The first-order valence-corrected chi connectivity index (χ1v) is 10.3. The zero-order valence-corrected chi connectivity index (χ0v) is 16.1. The van der Waals surface area contributed by atoms with Gasteiger partial charge in [0.1, 0.15) is 5.69 Å². The Kier molecular flexibility index (Phi) is 5.11. The van der Waals surface area contributed by atoms with Crippen LogP contribution >= 0.6 is 11.3 Å². The van der Waals surface area contributed by atoms with Crippen molar-refractivity contribution < 1.29 is 9.59 Å². The van der Waals surface area contributed by atoms with Crippen LogP contribution < -0.4 is 10.6 Å². The molecule has 2 aliphatic heterocycles. The summed E-state index contributed by atoms with van der Waals surface area (Å²) in [6.45, 7) is 3.38. The number of aromatic nitrogens is 1. The quantitative estimate of drug-likeness (QED) is 0.878. The van der Waals surface area contributed by atoms with Crippen molar-refractivity contribution in [3.05, 3.63) is 45.9 Å². The lowest BCUT2D eigenvalue weighted by molar-refractivity contribution is -0.133. The van der Waals surface area contributed by atoms with E-state index in [2.05, 4.69) is 21.3 Å². The fourth-order valence-electron chi connectivity index (χ4n) is 3.98. The van der Waals surface area contributed by atoms with Crippen molar-refractivity contribution in [2.24, 2.45) is 11.7 Å². The number of hydrogen-bond donors (Lipinski definition) is 1. The lowest BCUT2D eigenvalue weighted by atomic mass is 9.92. The van der Waals surface area contributed by atoms with E-state index in [0.29, 0.717) is 18.0 Å². The minimum Gasteiger partial charge on any atom is -0.371 e. The second-order valence-corrected chi connectivity index (χ2v) is 8.33. The number of hydrogen-bond acceptors (Lipinski definition) is 5. The molecule has 7 heteroatoms. The topological polar surface area (TPSA) is 79.5 Å². The van der Waals surface area contributed by atoms with E-state index in [1.54, 1.807) is 23.6 Å². The second-order valence-electron chi connectivity index (χ2n) is 7.33. The molecule has 6 nitrogen and oxygen atoms in total. The van der Waals surface area contributed by atoms with Crippen LogP contribution in [0.3, 0.4) is 0 Å². The Morgan fingerprint density at radius 3 is 2.81 bits per heavy atom. The van der Waals surface area contributed by atoms with Gasteiger partial charge < -0.3 is 15.5 Å². The van der Waals surface area contributed by atoms with Crippen molar-refractivity contribution in [2.45, 2.75) is 32.2 Å². The zero-order valence-electron chi connectivity index (χ0n) is 15.3. The molecule has 2 amide bonds. The van der Waals surface area contributed by atoms with Crippen LogP contribution in [-0.4, -0.2) is 41.3 Å². The number of carbonyl (C=O) groups excluding carboxylic acids is 2. The summed E-state index contributed by atoms with van der Waals surface area (Å²) in [6, 6.07) is 5.80. The molecule has 0 bridgehead atoms. The molecule has 0 aliphatic carbocycles. The van der Waals surface area contributed by atoms with Crippen LogP contribution in [0.25, 0.3) is 0 Å². The van der Waals surface area contributed by atoms with Crippen LogP contribution in [0.1, 0.15) is 40.2 Å². The summed E-state index contributed by atoms with van der Waals surface area (Å²) in [5.41, 5.74) is 7.91. The number of nitrogens with zero attached hydrogens (tertiary/aromatic N) is 3. The highest BCUT2D eigenvalue weighted by atomic mass is 32.1. The number of anilines is 1. The molecule has 2 aliphatic rings. The molecule has 0 atom stereocenters. The fraction of sp³-hybridized carbons (Fsp3) is 0.450. The van der Waals surface area contributed by atoms with Crippen LogP contribution in [0.15, 0.2) is 29.8 Å². The van der Waals surface area contributed by atoms with E-state index in [1.807, 2.05) is 11.0 Å². The predicted octanol–water partition coefficient (Wildman–Crippen LogP) is 2.43. The van der Waals surface area contributed by atoms with Crippen molar-refractivity contribution >= 4 is 28.8 Å². The smallest absolute Gasteiger partial charge is 0.267 e. The first kappa shape index (κ1) is 18.0. The van der Waals surface area contributed by atoms with Gasteiger partial charge in [-0.2, -0.15) is 0 Å². The lowest BCUT2D eigenvalue weighted by Gasteiger charge is -2.35. The maximum atomic E-state index is 12.7. The molecular weight excluding hydrogens is 360 g/mol.